The number of carbonyl (C=O) groups is 3. The summed E-state index contributed by atoms with van der Waals surface area (Å²) < 4.78 is 15.9. The van der Waals surface area contributed by atoms with E-state index in [1.807, 2.05) is 6.92 Å². The predicted molar refractivity (Wildman–Crippen MR) is 75.8 cm³/mol. The first kappa shape index (κ1) is 18.4. The lowest BCUT2D eigenvalue weighted by Gasteiger charge is -2.33. The van der Waals surface area contributed by atoms with Crippen molar-refractivity contribution in [1.82, 2.24) is 0 Å². The van der Waals surface area contributed by atoms with Crippen molar-refractivity contribution in [3.63, 3.8) is 0 Å². The molecule has 0 aliphatic carbocycles. The molecule has 0 unspecified atom stereocenters. The molecule has 0 radical (unpaired) electrons. The molecule has 1 rings (SSSR count). The minimum Gasteiger partial charge on any atom is -0.481 e. The van der Waals surface area contributed by atoms with Crippen molar-refractivity contribution in [1.29, 1.82) is 0 Å². The number of esters is 2. The molecule has 22 heavy (non-hydrogen) atoms. The maximum Gasteiger partial charge on any atom is 0.309 e. The number of ether oxygens (including phenoxy) is 3. The van der Waals surface area contributed by atoms with Crippen molar-refractivity contribution in [3.05, 3.63) is 0 Å². The van der Waals surface area contributed by atoms with Crippen LogP contribution in [-0.4, -0.2) is 41.5 Å². The average molecular weight is 316 g/mol. The smallest absolute Gasteiger partial charge is 0.309 e. The summed E-state index contributed by atoms with van der Waals surface area (Å²) in [5.41, 5.74) is -1.01. The van der Waals surface area contributed by atoms with Crippen LogP contribution >= 0.6 is 0 Å². The van der Waals surface area contributed by atoms with E-state index in [-0.39, 0.29) is 5.92 Å². The fraction of sp³-hybridized carbons (Fsp3) is 0.800. The van der Waals surface area contributed by atoms with Crippen molar-refractivity contribution < 1.29 is 33.7 Å². The second kappa shape index (κ2) is 7.09. The van der Waals surface area contributed by atoms with Crippen molar-refractivity contribution in [2.24, 2.45) is 11.3 Å². The van der Waals surface area contributed by atoms with Gasteiger partial charge in [0.2, 0.25) is 6.29 Å². The Hall–Kier alpha value is -1.63. The molecule has 0 aromatic carbocycles. The summed E-state index contributed by atoms with van der Waals surface area (Å²) in [5.74, 6) is -2.28. The van der Waals surface area contributed by atoms with E-state index in [0.29, 0.717) is 12.8 Å². The Morgan fingerprint density at radius 2 is 1.77 bits per heavy atom. The fourth-order valence-electron chi connectivity index (χ4n) is 2.90. The molecule has 0 bridgehead atoms. The largest absolute Gasteiger partial charge is 0.481 e. The summed E-state index contributed by atoms with van der Waals surface area (Å²) in [7, 11) is 0. The number of carbonyl (C=O) groups excluding carboxylic acids is 2. The van der Waals surface area contributed by atoms with E-state index in [4.69, 9.17) is 14.2 Å². The summed E-state index contributed by atoms with van der Waals surface area (Å²) in [6.45, 7) is 7.63. The van der Waals surface area contributed by atoms with Gasteiger partial charge in [-0.2, -0.15) is 0 Å². The molecule has 0 saturated carbocycles. The average Bonchev–Trinajstić information content (AvgIpc) is 2.70. The Morgan fingerprint density at radius 1 is 1.23 bits per heavy atom. The van der Waals surface area contributed by atoms with Crippen molar-refractivity contribution in [2.75, 3.05) is 0 Å². The second-order valence-electron chi connectivity index (χ2n) is 6.08. The molecular weight excluding hydrogens is 292 g/mol. The Labute approximate surface area is 129 Å². The number of hydrogen-bond acceptors (Lipinski definition) is 6. The maximum atomic E-state index is 11.5. The minimum atomic E-state index is -1.01. The van der Waals surface area contributed by atoms with E-state index in [1.54, 1.807) is 13.8 Å². The third kappa shape index (κ3) is 4.19. The number of aliphatic carboxylic acids is 1. The summed E-state index contributed by atoms with van der Waals surface area (Å²) >= 11 is 0. The molecule has 126 valence electrons. The number of carboxylic acids is 1. The van der Waals surface area contributed by atoms with Crippen LogP contribution in [-0.2, 0) is 28.6 Å². The fourth-order valence-corrected chi connectivity index (χ4v) is 2.90. The van der Waals surface area contributed by atoms with E-state index < -0.39 is 41.8 Å². The first-order chi connectivity index (χ1) is 10.1. The van der Waals surface area contributed by atoms with Gasteiger partial charge < -0.3 is 19.3 Å². The van der Waals surface area contributed by atoms with E-state index in [9.17, 15) is 19.5 Å². The van der Waals surface area contributed by atoms with Gasteiger partial charge in [0.05, 0.1) is 11.5 Å². The zero-order valence-electron chi connectivity index (χ0n) is 13.6. The van der Waals surface area contributed by atoms with Gasteiger partial charge >= 0.3 is 17.9 Å². The molecule has 1 aliphatic heterocycles. The van der Waals surface area contributed by atoms with Crippen molar-refractivity contribution >= 4 is 17.9 Å². The zero-order chi connectivity index (χ0) is 17.1. The molecule has 0 spiro atoms. The van der Waals surface area contributed by atoms with Gasteiger partial charge in [-0.25, -0.2) is 0 Å². The lowest BCUT2D eigenvalue weighted by molar-refractivity contribution is -0.199. The summed E-state index contributed by atoms with van der Waals surface area (Å²) in [6, 6.07) is 0. The molecule has 1 heterocycles. The van der Waals surface area contributed by atoms with E-state index in [1.165, 1.54) is 13.8 Å². The van der Waals surface area contributed by atoms with Gasteiger partial charge in [-0.3, -0.25) is 14.4 Å². The van der Waals surface area contributed by atoms with E-state index in [2.05, 4.69) is 0 Å². The van der Waals surface area contributed by atoms with E-state index >= 15 is 0 Å². The third-order valence-electron chi connectivity index (χ3n) is 4.04. The molecular formula is C15H24O7. The summed E-state index contributed by atoms with van der Waals surface area (Å²) in [5, 5.41) is 9.40. The Bertz CT molecular complexity index is 419. The molecule has 0 aromatic rings. The van der Waals surface area contributed by atoms with Gasteiger partial charge in [0.15, 0.2) is 6.10 Å². The molecule has 7 nitrogen and oxygen atoms in total. The minimum absolute atomic E-state index is 0.298. The first-order valence-electron chi connectivity index (χ1n) is 7.32. The monoisotopic (exact) mass is 316 g/mol. The topological polar surface area (TPSA) is 99.1 Å². The molecule has 1 aliphatic rings. The molecule has 1 saturated heterocycles. The van der Waals surface area contributed by atoms with Gasteiger partial charge in [-0.1, -0.05) is 6.92 Å². The highest BCUT2D eigenvalue weighted by Crippen LogP contribution is 2.40. The van der Waals surface area contributed by atoms with Gasteiger partial charge in [0.1, 0.15) is 0 Å². The second-order valence-corrected chi connectivity index (χ2v) is 6.08. The summed E-state index contributed by atoms with van der Waals surface area (Å²) in [4.78, 5) is 33.8. The van der Waals surface area contributed by atoms with Crippen molar-refractivity contribution in [3.8, 4) is 0 Å². The van der Waals surface area contributed by atoms with Crippen molar-refractivity contribution in [2.45, 2.75) is 66.0 Å². The molecule has 1 fully saturated rings. The zero-order valence-corrected chi connectivity index (χ0v) is 13.6. The highest BCUT2D eigenvalue weighted by atomic mass is 16.7. The van der Waals surface area contributed by atoms with Crippen LogP contribution in [0.3, 0.4) is 0 Å². The standard InChI is InChI=1S/C15H24O7/c1-6-10(15(4,5)14(18)19)11-7-12(20-8(2)16)13(22-11)21-9(3)17/h10-13H,6-7H2,1-5H3,(H,18,19)/t10-,11+,12-,13+/m1/s1. The van der Waals surface area contributed by atoms with Crippen LogP contribution in [0.15, 0.2) is 0 Å². The van der Waals surface area contributed by atoms with Gasteiger partial charge in [-0.15, -0.1) is 0 Å². The normalized spacial score (nSPS) is 26.3. The van der Waals surface area contributed by atoms with Crippen LogP contribution in [0.1, 0.15) is 47.5 Å². The lowest BCUT2D eigenvalue weighted by Crippen LogP contribution is -2.40. The van der Waals surface area contributed by atoms with E-state index in [0.717, 1.165) is 0 Å². The SMILES string of the molecule is CC[C@H]([C@@H]1C[C@@H](OC(C)=O)[C@@H](OC(C)=O)O1)C(C)(C)C(=O)O. The summed E-state index contributed by atoms with van der Waals surface area (Å²) in [6.07, 6.45) is -1.31. The van der Waals surface area contributed by atoms with Crippen LogP contribution in [0.25, 0.3) is 0 Å². The number of carboxylic acid groups (broad SMARTS) is 1. The van der Waals surface area contributed by atoms with Gasteiger partial charge in [0.25, 0.3) is 0 Å². The van der Waals surface area contributed by atoms with Gasteiger partial charge in [-0.05, 0) is 20.3 Å². The van der Waals surface area contributed by atoms with Crippen LogP contribution in [0, 0.1) is 11.3 Å². The Morgan fingerprint density at radius 3 is 2.18 bits per heavy atom. The van der Waals surface area contributed by atoms with Crippen LogP contribution in [0.5, 0.6) is 0 Å². The first-order valence-corrected chi connectivity index (χ1v) is 7.32. The lowest BCUT2D eigenvalue weighted by atomic mass is 9.73. The Kier molecular flexibility index (Phi) is 5.93. The predicted octanol–water partition coefficient (Wildman–Crippen LogP) is 1.73. The molecule has 4 atom stereocenters. The molecule has 0 aromatic heterocycles. The van der Waals surface area contributed by atoms with Crippen LogP contribution < -0.4 is 0 Å². The highest BCUT2D eigenvalue weighted by Gasteiger charge is 2.48. The van der Waals surface area contributed by atoms with Gasteiger partial charge in [0, 0.05) is 26.2 Å². The quantitative estimate of drug-likeness (QED) is 0.745. The molecule has 7 heteroatoms. The molecule has 1 N–H and O–H groups in total. The Balaban J connectivity index is 2.94. The maximum absolute atomic E-state index is 11.5. The molecule has 0 amide bonds. The van der Waals surface area contributed by atoms with Crippen LogP contribution in [0.2, 0.25) is 0 Å². The van der Waals surface area contributed by atoms with Crippen LogP contribution in [0.4, 0.5) is 0 Å². The third-order valence-corrected chi connectivity index (χ3v) is 4.04. The highest BCUT2D eigenvalue weighted by molar-refractivity contribution is 5.74. The number of rotatable bonds is 6. The number of hydrogen-bond donors (Lipinski definition) is 1.